The minimum Gasteiger partial charge on any atom is -0.388 e. The maximum absolute atomic E-state index is 10.7. The summed E-state index contributed by atoms with van der Waals surface area (Å²) >= 11 is 1.37. The number of carbonyl (C=O) groups excluding carboxylic acids is 1. The van der Waals surface area contributed by atoms with Crippen molar-refractivity contribution in [2.45, 2.75) is 13.3 Å². The lowest BCUT2D eigenvalue weighted by molar-refractivity contribution is -0.109. The van der Waals surface area contributed by atoms with Gasteiger partial charge < -0.3 is 5.32 Å². The van der Waals surface area contributed by atoms with Crippen molar-refractivity contribution in [3.63, 3.8) is 0 Å². The number of rotatable bonds is 5. The van der Waals surface area contributed by atoms with E-state index in [9.17, 15) is 4.79 Å². The molecule has 0 saturated heterocycles. The van der Waals surface area contributed by atoms with Gasteiger partial charge in [0.2, 0.25) is 0 Å². The Morgan fingerprint density at radius 3 is 3.00 bits per heavy atom. The van der Waals surface area contributed by atoms with Crippen LogP contribution in [0.25, 0.3) is 6.08 Å². The molecule has 1 rings (SSSR count). The molecule has 0 aliphatic carbocycles. The number of nitrogens with one attached hydrogen (secondary N) is 1. The van der Waals surface area contributed by atoms with Crippen LogP contribution in [-0.2, 0) is 4.79 Å². The molecule has 1 aromatic rings. The first-order chi connectivity index (χ1) is 7.72. The zero-order valence-corrected chi connectivity index (χ0v) is 10.5. The molecule has 0 heterocycles. The SMILES string of the molecule is CNc1cccc(C=CCCSC(C)=O)c1. The Labute approximate surface area is 101 Å². The average Bonchev–Trinajstić information content (AvgIpc) is 2.28. The van der Waals surface area contributed by atoms with Crippen molar-refractivity contribution in [2.75, 3.05) is 18.1 Å². The third-order valence-corrected chi connectivity index (χ3v) is 2.92. The van der Waals surface area contributed by atoms with Crippen LogP contribution in [0.3, 0.4) is 0 Å². The number of thioether (sulfide) groups is 1. The predicted octanol–water partition coefficient (Wildman–Crippen LogP) is 3.41. The van der Waals surface area contributed by atoms with E-state index in [2.05, 4.69) is 29.6 Å². The molecule has 1 N–H and O–H groups in total. The Kier molecular flexibility index (Phi) is 5.72. The molecule has 0 unspecified atom stereocenters. The minimum absolute atomic E-state index is 0.186. The second-order valence-corrected chi connectivity index (χ2v) is 4.68. The summed E-state index contributed by atoms with van der Waals surface area (Å²) in [6.45, 7) is 1.60. The fourth-order valence-electron chi connectivity index (χ4n) is 1.29. The molecule has 1 aromatic carbocycles. The number of hydrogen-bond acceptors (Lipinski definition) is 3. The highest BCUT2D eigenvalue weighted by atomic mass is 32.2. The van der Waals surface area contributed by atoms with Crippen molar-refractivity contribution in [1.82, 2.24) is 0 Å². The summed E-state index contributed by atoms with van der Waals surface area (Å²) in [7, 11) is 1.91. The Balaban J connectivity index is 2.40. The zero-order valence-electron chi connectivity index (χ0n) is 9.69. The van der Waals surface area contributed by atoms with Crippen molar-refractivity contribution in [3.8, 4) is 0 Å². The van der Waals surface area contributed by atoms with Gasteiger partial charge in [-0.05, 0) is 24.1 Å². The van der Waals surface area contributed by atoms with Crippen LogP contribution in [0.5, 0.6) is 0 Å². The molecule has 86 valence electrons. The Bertz CT molecular complexity index is 374. The highest BCUT2D eigenvalue weighted by Gasteiger charge is 1.92. The van der Waals surface area contributed by atoms with E-state index in [0.29, 0.717) is 0 Å². The number of benzene rings is 1. The third kappa shape index (κ3) is 5.03. The molecular weight excluding hydrogens is 218 g/mol. The number of hydrogen-bond donors (Lipinski definition) is 1. The normalized spacial score (nSPS) is 10.6. The quantitative estimate of drug-likeness (QED) is 0.793. The zero-order chi connectivity index (χ0) is 11.8. The standard InChI is InChI=1S/C13H17NOS/c1-11(15)16-9-4-3-6-12-7-5-8-13(10-12)14-2/h3,5-8,10,14H,4,9H2,1-2H3. The molecule has 0 saturated carbocycles. The van der Waals surface area contributed by atoms with Gasteiger partial charge in [0.05, 0.1) is 0 Å². The van der Waals surface area contributed by atoms with Crippen LogP contribution in [0.4, 0.5) is 5.69 Å². The second kappa shape index (κ2) is 7.12. The average molecular weight is 235 g/mol. The molecule has 2 nitrogen and oxygen atoms in total. The second-order valence-electron chi connectivity index (χ2n) is 3.41. The predicted molar refractivity (Wildman–Crippen MR) is 72.8 cm³/mol. The Hall–Kier alpha value is -1.22. The summed E-state index contributed by atoms with van der Waals surface area (Å²) in [6.07, 6.45) is 5.11. The van der Waals surface area contributed by atoms with Gasteiger partial charge in [0, 0.05) is 25.4 Å². The molecule has 0 fully saturated rings. The van der Waals surface area contributed by atoms with Crippen molar-refractivity contribution >= 4 is 28.6 Å². The summed E-state index contributed by atoms with van der Waals surface area (Å²) in [6, 6.07) is 8.21. The molecule has 0 atom stereocenters. The molecule has 0 aliphatic rings. The molecule has 0 aliphatic heterocycles. The maximum Gasteiger partial charge on any atom is 0.185 e. The molecule has 0 bridgehead atoms. The summed E-state index contributed by atoms with van der Waals surface area (Å²) in [4.78, 5) is 10.7. The van der Waals surface area contributed by atoms with Crippen LogP contribution < -0.4 is 5.32 Å². The van der Waals surface area contributed by atoms with Crippen LogP contribution >= 0.6 is 11.8 Å². The van der Waals surface area contributed by atoms with E-state index in [4.69, 9.17) is 0 Å². The highest BCUT2D eigenvalue weighted by molar-refractivity contribution is 8.13. The lowest BCUT2D eigenvalue weighted by Crippen LogP contribution is -1.87. The molecule has 0 aromatic heterocycles. The number of carbonyl (C=O) groups is 1. The van der Waals surface area contributed by atoms with E-state index in [-0.39, 0.29) is 5.12 Å². The van der Waals surface area contributed by atoms with E-state index < -0.39 is 0 Å². The fourth-order valence-corrected chi connectivity index (χ4v) is 1.83. The molecule has 0 spiro atoms. The smallest absolute Gasteiger partial charge is 0.185 e. The summed E-state index contributed by atoms with van der Waals surface area (Å²) < 4.78 is 0. The van der Waals surface area contributed by atoms with E-state index in [1.54, 1.807) is 6.92 Å². The first-order valence-electron chi connectivity index (χ1n) is 5.30. The van der Waals surface area contributed by atoms with E-state index in [1.807, 2.05) is 19.2 Å². The molecule has 3 heteroatoms. The van der Waals surface area contributed by atoms with Crippen LogP contribution in [-0.4, -0.2) is 17.9 Å². The van der Waals surface area contributed by atoms with Gasteiger partial charge in [0.15, 0.2) is 5.12 Å². The van der Waals surface area contributed by atoms with Crippen molar-refractivity contribution in [1.29, 1.82) is 0 Å². The van der Waals surface area contributed by atoms with Crippen LogP contribution in [0.15, 0.2) is 30.3 Å². The Morgan fingerprint density at radius 1 is 1.50 bits per heavy atom. The summed E-state index contributed by atoms with van der Waals surface area (Å²) in [5.74, 6) is 0.859. The Morgan fingerprint density at radius 2 is 2.31 bits per heavy atom. The third-order valence-electron chi connectivity index (χ3n) is 2.08. The first-order valence-corrected chi connectivity index (χ1v) is 6.28. The summed E-state index contributed by atoms with van der Waals surface area (Å²) in [5, 5.41) is 3.29. The minimum atomic E-state index is 0.186. The largest absolute Gasteiger partial charge is 0.388 e. The topological polar surface area (TPSA) is 29.1 Å². The summed E-state index contributed by atoms with van der Waals surface area (Å²) in [5.41, 5.74) is 2.29. The van der Waals surface area contributed by atoms with E-state index in [0.717, 1.165) is 17.9 Å². The van der Waals surface area contributed by atoms with Gasteiger partial charge in [-0.25, -0.2) is 0 Å². The first kappa shape index (κ1) is 12.8. The number of allylic oxidation sites excluding steroid dienone is 1. The molecule has 16 heavy (non-hydrogen) atoms. The number of anilines is 1. The lowest BCUT2D eigenvalue weighted by atomic mass is 10.2. The van der Waals surface area contributed by atoms with Gasteiger partial charge in [-0.3, -0.25) is 4.79 Å². The van der Waals surface area contributed by atoms with E-state index in [1.165, 1.54) is 17.3 Å². The van der Waals surface area contributed by atoms with Gasteiger partial charge >= 0.3 is 0 Å². The van der Waals surface area contributed by atoms with Gasteiger partial charge in [-0.1, -0.05) is 36.0 Å². The van der Waals surface area contributed by atoms with Crippen LogP contribution in [0.1, 0.15) is 18.9 Å². The van der Waals surface area contributed by atoms with Crippen molar-refractivity contribution in [3.05, 3.63) is 35.9 Å². The van der Waals surface area contributed by atoms with Gasteiger partial charge in [-0.2, -0.15) is 0 Å². The molecular formula is C13H17NOS. The van der Waals surface area contributed by atoms with Crippen molar-refractivity contribution < 1.29 is 4.79 Å². The molecule has 0 radical (unpaired) electrons. The fraction of sp³-hybridized carbons (Fsp3) is 0.308. The maximum atomic E-state index is 10.7. The highest BCUT2D eigenvalue weighted by Crippen LogP contribution is 2.12. The van der Waals surface area contributed by atoms with Gasteiger partial charge in [-0.15, -0.1) is 0 Å². The monoisotopic (exact) mass is 235 g/mol. The van der Waals surface area contributed by atoms with Crippen LogP contribution in [0, 0.1) is 0 Å². The van der Waals surface area contributed by atoms with Crippen LogP contribution in [0.2, 0.25) is 0 Å². The van der Waals surface area contributed by atoms with E-state index >= 15 is 0 Å². The van der Waals surface area contributed by atoms with Crippen molar-refractivity contribution in [2.24, 2.45) is 0 Å². The van der Waals surface area contributed by atoms with Gasteiger partial charge in [0.1, 0.15) is 0 Å². The lowest BCUT2D eigenvalue weighted by Gasteiger charge is -2.00. The molecule has 0 amide bonds. The van der Waals surface area contributed by atoms with Gasteiger partial charge in [0.25, 0.3) is 0 Å².